The van der Waals surface area contributed by atoms with Gasteiger partial charge >= 0.3 is 6.18 Å². The highest BCUT2D eigenvalue weighted by Crippen LogP contribution is 2.33. The molecule has 108 valence electrons. The number of hydrogen-bond acceptors (Lipinski definition) is 1. The van der Waals surface area contributed by atoms with Crippen molar-refractivity contribution in [2.24, 2.45) is 0 Å². The Bertz CT molecular complexity index is 692. The normalized spacial score (nSPS) is 14.4. The molecule has 2 nitrogen and oxygen atoms in total. The molecular formula is C16H13F3N2. The van der Waals surface area contributed by atoms with Crippen LogP contribution in [-0.2, 0) is 19.3 Å². The molecule has 1 aliphatic heterocycles. The van der Waals surface area contributed by atoms with Crippen LogP contribution in [-0.4, -0.2) is 10.7 Å². The van der Waals surface area contributed by atoms with Gasteiger partial charge in [-0.2, -0.15) is 13.2 Å². The van der Waals surface area contributed by atoms with Crippen LogP contribution in [0.5, 0.6) is 0 Å². The summed E-state index contributed by atoms with van der Waals surface area (Å²) in [5.41, 5.74) is 1.34. The fourth-order valence-electron chi connectivity index (χ4n) is 2.62. The molecule has 5 heteroatoms. The lowest BCUT2D eigenvalue weighted by molar-refractivity contribution is -0.138. The van der Waals surface area contributed by atoms with Gasteiger partial charge in [-0.15, -0.1) is 0 Å². The van der Waals surface area contributed by atoms with Gasteiger partial charge in [-0.25, -0.2) is 0 Å². The van der Waals surface area contributed by atoms with Crippen LogP contribution in [0.3, 0.4) is 0 Å². The number of halogens is 3. The van der Waals surface area contributed by atoms with E-state index >= 15 is 0 Å². The van der Waals surface area contributed by atoms with Gasteiger partial charge in [-0.1, -0.05) is 42.5 Å². The van der Waals surface area contributed by atoms with E-state index in [1.165, 1.54) is 12.1 Å². The molecule has 0 radical (unpaired) electrons. The van der Waals surface area contributed by atoms with Crippen molar-refractivity contribution in [1.29, 1.82) is 5.41 Å². The Hall–Kier alpha value is -2.30. The SMILES string of the molecule is N=C1c2ccccc2CN1Cc1ccccc1C(F)(F)F. The second kappa shape index (κ2) is 4.91. The molecular weight excluding hydrogens is 277 g/mol. The number of benzene rings is 2. The highest BCUT2D eigenvalue weighted by Gasteiger charge is 2.34. The Morgan fingerprint density at radius 3 is 2.38 bits per heavy atom. The third-order valence-corrected chi connectivity index (χ3v) is 3.63. The smallest absolute Gasteiger partial charge is 0.348 e. The van der Waals surface area contributed by atoms with Crippen LogP contribution >= 0.6 is 0 Å². The van der Waals surface area contributed by atoms with Crippen molar-refractivity contribution in [1.82, 2.24) is 4.90 Å². The summed E-state index contributed by atoms with van der Waals surface area (Å²) < 4.78 is 39.0. The average Bonchev–Trinajstić information content (AvgIpc) is 2.76. The van der Waals surface area contributed by atoms with Crippen LogP contribution in [0, 0.1) is 5.41 Å². The Morgan fingerprint density at radius 2 is 1.67 bits per heavy atom. The first-order chi connectivity index (χ1) is 9.97. The number of nitrogens with zero attached hydrogens (tertiary/aromatic N) is 1. The lowest BCUT2D eigenvalue weighted by Gasteiger charge is -2.20. The van der Waals surface area contributed by atoms with Gasteiger partial charge in [0.2, 0.25) is 0 Å². The standard InChI is InChI=1S/C16H13F3N2/c17-16(18,19)14-8-4-2-6-12(14)10-21-9-11-5-1-3-7-13(11)15(21)20/h1-8,20H,9-10H2. The molecule has 1 N–H and O–H groups in total. The van der Waals surface area contributed by atoms with E-state index in [9.17, 15) is 13.2 Å². The average molecular weight is 290 g/mol. The zero-order chi connectivity index (χ0) is 15.0. The summed E-state index contributed by atoms with van der Waals surface area (Å²) in [6.45, 7) is 0.560. The molecule has 0 spiro atoms. The van der Waals surface area contributed by atoms with E-state index in [2.05, 4.69) is 0 Å². The van der Waals surface area contributed by atoms with Crippen LogP contribution in [0.25, 0.3) is 0 Å². The Kier molecular flexibility index (Phi) is 3.20. The van der Waals surface area contributed by atoms with Crippen molar-refractivity contribution in [3.05, 3.63) is 70.8 Å². The van der Waals surface area contributed by atoms with Gasteiger partial charge in [0, 0.05) is 18.7 Å². The summed E-state index contributed by atoms with van der Waals surface area (Å²) in [6, 6.07) is 13.0. The maximum absolute atomic E-state index is 13.0. The monoisotopic (exact) mass is 290 g/mol. The molecule has 0 aliphatic carbocycles. The molecule has 3 rings (SSSR count). The van der Waals surface area contributed by atoms with E-state index in [-0.39, 0.29) is 17.9 Å². The molecule has 1 heterocycles. The predicted octanol–water partition coefficient (Wildman–Crippen LogP) is 4.05. The van der Waals surface area contributed by atoms with Crippen LogP contribution in [0.1, 0.15) is 22.3 Å². The summed E-state index contributed by atoms with van der Waals surface area (Å²) in [5.74, 6) is 0.280. The number of hydrogen-bond donors (Lipinski definition) is 1. The Balaban J connectivity index is 1.89. The van der Waals surface area contributed by atoms with Gasteiger partial charge in [0.05, 0.1) is 5.56 Å². The number of amidine groups is 1. The quantitative estimate of drug-likeness (QED) is 0.887. The fourth-order valence-corrected chi connectivity index (χ4v) is 2.62. The molecule has 0 fully saturated rings. The molecule has 2 aromatic rings. The number of rotatable bonds is 2. The van der Waals surface area contributed by atoms with Crippen molar-refractivity contribution >= 4 is 5.84 Å². The molecule has 1 aliphatic rings. The fraction of sp³-hybridized carbons (Fsp3) is 0.188. The summed E-state index contributed by atoms with van der Waals surface area (Å²) in [6.07, 6.45) is -4.37. The largest absolute Gasteiger partial charge is 0.416 e. The van der Waals surface area contributed by atoms with Crippen molar-refractivity contribution in [2.75, 3.05) is 0 Å². The summed E-state index contributed by atoms with van der Waals surface area (Å²) >= 11 is 0. The topological polar surface area (TPSA) is 27.1 Å². The first-order valence-electron chi connectivity index (χ1n) is 6.53. The van der Waals surface area contributed by atoms with Crippen molar-refractivity contribution in [3.63, 3.8) is 0 Å². The molecule has 0 unspecified atom stereocenters. The van der Waals surface area contributed by atoms with Crippen molar-refractivity contribution in [3.8, 4) is 0 Å². The van der Waals surface area contributed by atoms with E-state index in [1.54, 1.807) is 11.0 Å². The first kappa shape index (κ1) is 13.7. The zero-order valence-corrected chi connectivity index (χ0v) is 11.1. The number of fused-ring (bicyclic) bond motifs is 1. The van der Waals surface area contributed by atoms with Gasteiger partial charge in [-0.3, -0.25) is 5.41 Å². The maximum atomic E-state index is 13.0. The minimum atomic E-state index is -4.37. The Morgan fingerprint density at radius 1 is 1.00 bits per heavy atom. The second-order valence-electron chi connectivity index (χ2n) is 5.02. The van der Waals surface area contributed by atoms with Gasteiger partial charge in [0.15, 0.2) is 0 Å². The molecule has 0 saturated heterocycles. The summed E-state index contributed by atoms with van der Waals surface area (Å²) in [7, 11) is 0. The molecule has 2 aromatic carbocycles. The van der Waals surface area contributed by atoms with Crippen LogP contribution in [0.4, 0.5) is 13.2 Å². The molecule has 21 heavy (non-hydrogen) atoms. The highest BCUT2D eigenvalue weighted by molar-refractivity contribution is 6.00. The number of nitrogens with one attached hydrogen (secondary N) is 1. The van der Waals surface area contributed by atoms with E-state index in [0.29, 0.717) is 6.54 Å². The molecule has 0 bridgehead atoms. The van der Waals surface area contributed by atoms with Crippen LogP contribution in [0.2, 0.25) is 0 Å². The van der Waals surface area contributed by atoms with E-state index in [0.717, 1.165) is 17.2 Å². The van der Waals surface area contributed by atoms with Crippen LogP contribution in [0.15, 0.2) is 48.5 Å². The van der Waals surface area contributed by atoms with Crippen molar-refractivity contribution < 1.29 is 13.2 Å². The molecule has 0 amide bonds. The third-order valence-electron chi connectivity index (χ3n) is 3.63. The second-order valence-corrected chi connectivity index (χ2v) is 5.02. The van der Waals surface area contributed by atoms with E-state index < -0.39 is 11.7 Å². The van der Waals surface area contributed by atoms with Gasteiger partial charge < -0.3 is 4.90 Å². The third kappa shape index (κ3) is 2.51. The zero-order valence-electron chi connectivity index (χ0n) is 11.1. The summed E-state index contributed by atoms with van der Waals surface area (Å²) in [4.78, 5) is 1.66. The first-order valence-corrected chi connectivity index (χ1v) is 6.53. The molecule has 0 aromatic heterocycles. The lowest BCUT2D eigenvalue weighted by Crippen LogP contribution is -2.25. The highest BCUT2D eigenvalue weighted by atomic mass is 19.4. The predicted molar refractivity (Wildman–Crippen MR) is 74.0 cm³/mol. The van der Waals surface area contributed by atoms with Gasteiger partial charge in [0.25, 0.3) is 0 Å². The van der Waals surface area contributed by atoms with E-state index in [1.807, 2.05) is 24.3 Å². The van der Waals surface area contributed by atoms with Gasteiger partial charge in [-0.05, 0) is 17.2 Å². The number of alkyl halides is 3. The molecule has 0 atom stereocenters. The van der Waals surface area contributed by atoms with Crippen molar-refractivity contribution in [2.45, 2.75) is 19.3 Å². The van der Waals surface area contributed by atoms with Gasteiger partial charge in [0.1, 0.15) is 5.84 Å². The summed E-state index contributed by atoms with van der Waals surface area (Å²) in [5, 5.41) is 8.11. The molecule has 0 saturated carbocycles. The minimum absolute atomic E-state index is 0.0865. The van der Waals surface area contributed by atoms with Crippen LogP contribution < -0.4 is 0 Å². The Labute approximate surface area is 120 Å². The lowest BCUT2D eigenvalue weighted by atomic mass is 10.1. The minimum Gasteiger partial charge on any atom is -0.348 e. The van der Waals surface area contributed by atoms with E-state index in [4.69, 9.17) is 5.41 Å². The maximum Gasteiger partial charge on any atom is 0.416 e.